The van der Waals surface area contributed by atoms with Crippen molar-refractivity contribution in [3.8, 4) is 0 Å². The van der Waals surface area contributed by atoms with Crippen molar-refractivity contribution in [2.75, 3.05) is 27.8 Å². The lowest BCUT2D eigenvalue weighted by Crippen LogP contribution is -2.64. The second kappa shape index (κ2) is 24.8. The minimum Gasteiger partial charge on any atom is -0.462 e. The quantitative estimate of drug-likeness (QED) is 0.0987. The van der Waals surface area contributed by atoms with Crippen molar-refractivity contribution in [1.29, 1.82) is 0 Å². The number of aliphatic hydroxyl groups is 4. The van der Waals surface area contributed by atoms with Crippen LogP contribution in [-0.2, 0) is 52.3 Å². The SMILES string of the molecule is CCC1OC(=O)CC(O)C(C)C(OC2OC(C)C(OC(CC(C)(C)O)OC(C)O)C(N(C)C)C2O)C(CC=O)CC(C)C(=O)/C=C/C(C)=C/C1COC1OC(C)CCC1OC. The van der Waals surface area contributed by atoms with Gasteiger partial charge in [-0.05, 0) is 93.3 Å². The number of allylic oxidation sites excluding steroid dienone is 3. The summed E-state index contributed by atoms with van der Waals surface area (Å²) in [7, 11) is 5.11. The number of hydrogen-bond donors (Lipinski definition) is 4. The van der Waals surface area contributed by atoms with Gasteiger partial charge in [0.2, 0.25) is 0 Å². The molecule has 3 rings (SSSR count). The standard InChI is InChI=1S/C45H77NO15/c1-13-35-32(24-55-43-36(54-12)17-15-27(4)56-43)20-25(2)14-16-33(49)26(3)21-31(18-19-47)41(28(5)34(50)22-37(51)59-35)61-44-40(52)39(46(10)11)42(29(6)57-44)60-38(58-30(7)48)23-45(8,9)53/h14,16,19-20,26-32,34-36,38-44,48,50,52-53H,13,15,17-18,21-24H2,1-12H3/b16-14+,25-20+. The number of carbonyl (C=O) groups is 3. The molecule has 16 nitrogen and oxygen atoms in total. The van der Waals surface area contributed by atoms with Crippen LogP contribution in [0.4, 0.5) is 0 Å². The molecule has 0 amide bonds. The summed E-state index contributed by atoms with van der Waals surface area (Å²) in [4.78, 5) is 41.4. The van der Waals surface area contributed by atoms with E-state index in [-0.39, 0.29) is 43.9 Å². The van der Waals surface area contributed by atoms with Gasteiger partial charge in [0.15, 0.2) is 30.9 Å². The number of rotatable bonds is 16. The van der Waals surface area contributed by atoms with Crippen LogP contribution in [0.3, 0.4) is 0 Å². The number of hydrogen-bond acceptors (Lipinski definition) is 16. The van der Waals surface area contributed by atoms with E-state index in [0.717, 1.165) is 24.7 Å². The molecule has 0 aromatic carbocycles. The fourth-order valence-corrected chi connectivity index (χ4v) is 8.52. The first-order valence-corrected chi connectivity index (χ1v) is 22.0. The van der Waals surface area contributed by atoms with E-state index in [1.54, 1.807) is 66.8 Å². The molecular formula is C45H77NO15. The van der Waals surface area contributed by atoms with Crippen LogP contribution in [0, 0.1) is 23.7 Å². The summed E-state index contributed by atoms with van der Waals surface area (Å²) in [6, 6.07) is -0.764. The third-order valence-electron chi connectivity index (χ3n) is 11.9. The van der Waals surface area contributed by atoms with E-state index >= 15 is 0 Å². The van der Waals surface area contributed by atoms with Crippen molar-refractivity contribution in [3.63, 3.8) is 0 Å². The van der Waals surface area contributed by atoms with Gasteiger partial charge in [0, 0.05) is 37.7 Å². The van der Waals surface area contributed by atoms with Gasteiger partial charge in [0.05, 0.1) is 49.1 Å². The zero-order valence-electron chi connectivity index (χ0n) is 38.5. The number of nitrogens with zero attached hydrogens (tertiary/aromatic N) is 1. The summed E-state index contributed by atoms with van der Waals surface area (Å²) in [6.45, 7) is 15.6. The van der Waals surface area contributed by atoms with Gasteiger partial charge < -0.3 is 68.0 Å². The van der Waals surface area contributed by atoms with E-state index in [4.69, 9.17) is 37.9 Å². The van der Waals surface area contributed by atoms with E-state index in [1.807, 2.05) is 26.8 Å². The minimum atomic E-state index is -1.36. The smallest absolute Gasteiger partial charge is 0.308 e. The number of methoxy groups -OCH3 is 1. The third-order valence-corrected chi connectivity index (χ3v) is 11.9. The second-order valence-corrected chi connectivity index (χ2v) is 18.2. The average molecular weight is 872 g/mol. The summed E-state index contributed by atoms with van der Waals surface area (Å²) in [5.41, 5.74) is -0.471. The van der Waals surface area contributed by atoms with E-state index < -0.39 is 109 Å². The maximum absolute atomic E-state index is 13.7. The Morgan fingerprint density at radius 3 is 2.31 bits per heavy atom. The molecule has 3 heterocycles. The van der Waals surface area contributed by atoms with Crippen molar-refractivity contribution < 1.29 is 72.7 Å². The Morgan fingerprint density at radius 2 is 1.72 bits per heavy atom. The molecule has 0 aliphatic carbocycles. The van der Waals surface area contributed by atoms with Gasteiger partial charge in [0.25, 0.3) is 0 Å². The predicted molar refractivity (Wildman–Crippen MR) is 225 cm³/mol. The molecule has 2 saturated heterocycles. The summed E-state index contributed by atoms with van der Waals surface area (Å²) < 4.78 is 48.9. The molecule has 0 saturated carbocycles. The Morgan fingerprint density at radius 1 is 1.03 bits per heavy atom. The van der Waals surface area contributed by atoms with Gasteiger partial charge >= 0.3 is 5.97 Å². The van der Waals surface area contributed by atoms with Crippen LogP contribution >= 0.6 is 0 Å². The molecule has 17 atom stereocenters. The molecular weight excluding hydrogens is 794 g/mol. The average Bonchev–Trinajstić information content (AvgIpc) is 3.16. The molecule has 4 N–H and O–H groups in total. The fourth-order valence-electron chi connectivity index (χ4n) is 8.52. The fraction of sp³-hybridized carbons (Fsp3) is 0.844. The summed E-state index contributed by atoms with van der Waals surface area (Å²) in [5.74, 6) is -3.31. The molecule has 0 radical (unpaired) electrons. The van der Waals surface area contributed by atoms with Gasteiger partial charge in [-0.1, -0.05) is 38.5 Å². The van der Waals surface area contributed by atoms with E-state index in [2.05, 4.69) is 0 Å². The monoisotopic (exact) mass is 872 g/mol. The maximum Gasteiger partial charge on any atom is 0.308 e. The second-order valence-electron chi connectivity index (χ2n) is 18.2. The summed E-state index contributed by atoms with van der Waals surface area (Å²) in [5, 5.41) is 44.3. The highest BCUT2D eigenvalue weighted by Gasteiger charge is 2.49. The number of aliphatic hydroxyl groups excluding tert-OH is 3. The van der Waals surface area contributed by atoms with Crippen LogP contribution in [0.5, 0.6) is 0 Å². The van der Waals surface area contributed by atoms with Crippen molar-refractivity contribution >= 4 is 18.0 Å². The zero-order valence-corrected chi connectivity index (χ0v) is 38.5. The van der Waals surface area contributed by atoms with E-state index in [9.17, 15) is 34.8 Å². The van der Waals surface area contributed by atoms with Crippen LogP contribution < -0.4 is 0 Å². The summed E-state index contributed by atoms with van der Waals surface area (Å²) >= 11 is 0. The van der Waals surface area contributed by atoms with Crippen molar-refractivity contribution in [2.45, 2.75) is 193 Å². The Kier molecular flexibility index (Phi) is 21.6. The largest absolute Gasteiger partial charge is 0.462 e. The molecule has 2 fully saturated rings. The van der Waals surface area contributed by atoms with E-state index in [1.165, 1.54) is 13.0 Å². The molecule has 61 heavy (non-hydrogen) atoms. The lowest BCUT2D eigenvalue weighted by molar-refractivity contribution is -0.335. The lowest BCUT2D eigenvalue weighted by Gasteiger charge is -2.48. The number of ketones is 1. The Labute approximate surface area is 363 Å². The number of cyclic esters (lactones) is 1. The number of esters is 1. The summed E-state index contributed by atoms with van der Waals surface area (Å²) in [6.07, 6.45) is -2.78. The molecule has 352 valence electrons. The first-order chi connectivity index (χ1) is 28.6. The normalized spacial score (nSPS) is 38.9. The molecule has 3 aliphatic rings. The highest BCUT2D eigenvalue weighted by molar-refractivity contribution is 5.91. The van der Waals surface area contributed by atoms with Crippen LogP contribution in [0.2, 0.25) is 0 Å². The number of aldehydes is 1. The lowest BCUT2D eigenvalue weighted by atomic mass is 9.79. The van der Waals surface area contributed by atoms with Gasteiger partial charge in [-0.15, -0.1) is 0 Å². The van der Waals surface area contributed by atoms with Gasteiger partial charge in [0.1, 0.15) is 30.7 Å². The highest BCUT2D eigenvalue weighted by atomic mass is 16.7. The zero-order chi connectivity index (χ0) is 45.8. The maximum atomic E-state index is 13.7. The topological polar surface area (TPSA) is 209 Å². The van der Waals surface area contributed by atoms with Gasteiger partial charge in [-0.2, -0.15) is 0 Å². The molecule has 0 aromatic heterocycles. The molecule has 0 bridgehead atoms. The van der Waals surface area contributed by atoms with Crippen LogP contribution in [0.1, 0.15) is 107 Å². The Balaban J connectivity index is 1.96. The Hall–Kier alpha value is -2.19. The first-order valence-electron chi connectivity index (χ1n) is 22.0. The molecule has 17 unspecified atom stereocenters. The predicted octanol–water partition coefficient (Wildman–Crippen LogP) is 3.83. The van der Waals surface area contributed by atoms with Gasteiger partial charge in [-0.25, -0.2) is 0 Å². The molecule has 0 spiro atoms. The first kappa shape index (κ1) is 53.2. The van der Waals surface area contributed by atoms with Crippen LogP contribution in [0.15, 0.2) is 23.8 Å². The number of likely N-dealkylation sites (N-methyl/N-ethyl adjacent to an activating group) is 1. The highest BCUT2D eigenvalue weighted by Crippen LogP contribution is 2.36. The number of ether oxygens (including phenoxy) is 8. The third kappa shape index (κ3) is 16.4. The molecule has 0 aromatic rings. The van der Waals surface area contributed by atoms with E-state index in [0.29, 0.717) is 6.42 Å². The number of carbonyl (C=O) groups excluding carboxylic acids is 3. The molecule has 16 heteroatoms. The van der Waals surface area contributed by atoms with Crippen LogP contribution in [0.25, 0.3) is 0 Å². The molecule has 3 aliphatic heterocycles. The minimum absolute atomic E-state index is 0.00351. The Bertz CT molecular complexity index is 1420. The van der Waals surface area contributed by atoms with Gasteiger partial charge in [-0.3, -0.25) is 9.59 Å². The van der Waals surface area contributed by atoms with Crippen molar-refractivity contribution in [2.24, 2.45) is 23.7 Å². The van der Waals surface area contributed by atoms with Crippen molar-refractivity contribution in [1.82, 2.24) is 4.90 Å². The van der Waals surface area contributed by atoms with Crippen LogP contribution in [-0.4, -0.2) is 157 Å². The van der Waals surface area contributed by atoms with Crippen molar-refractivity contribution in [3.05, 3.63) is 23.8 Å².